The van der Waals surface area contributed by atoms with Crippen molar-refractivity contribution in [1.82, 2.24) is 20.0 Å². The van der Waals surface area contributed by atoms with Crippen LogP contribution in [-0.2, 0) is 20.9 Å². The largest absolute Gasteiger partial charge is 0.497 e. The molecule has 0 spiro atoms. The molecule has 11 nitrogen and oxygen atoms in total. The molecule has 1 aliphatic carbocycles. The topological polar surface area (TPSA) is 146 Å². The van der Waals surface area contributed by atoms with E-state index in [0.717, 1.165) is 0 Å². The van der Waals surface area contributed by atoms with Crippen LogP contribution in [0, 0.1) is 0 Å². The predicted octanol–water partition coefficient (Wildman–Crippen LogP) is 3.46. The smallest absolute Gasteiger partial charge is 0.338 e. The Labute approximate surface area is 248 Å². The van der Waals surface area contributed by atoms with Gasteiger partial charge in [-0.1, -0.05) is 6.08 Å². The highest BCUT2D eigenvalue weighted by molar-refractivity contribution is 6.04. The van der Waals surface area contributed by atoms with Crippen molar-refractivity contribution in [3.8, 4) is 5.75 Å². The number of allylic oxidation sites excluding steroid dienone is 3. The molecule has 11 heteroatoms. The number of fused-ring (bicyclic) bond motifs is 1. The number of hydrogen-bond donors (Lipinski definition) is 2. The molecule has 0 fully saturated rings. The number of methoxy groups -OCH3 is 1. The molecule has 1 aromatic carbocycles. The fraction of sp³-hybridized carbons (Fsp3) is 0.281. The number of amides is 1. The van der Waals surface area contributed by atoms with Crippen LogP contribution in [0.2, 0.25) is 0 Å². The number of ketones is 1. The molecule has 2 aromatic heterocycles. The van der Waals surface area contributed by atoms with Crippen molar-refractivity contribution in [1.29, 1.82) is 0 Å². The molecule has 0 saturated carbocycles. The van der Waals surface area contributed by atoms with Gasteiger partial charge in [0.1, 0.15) is 11.6 Å². The standard InChI is InChI=1S/C32H33N5O6/c1-5-15-36-23-10-9-21(42-4)16-20(23)17-22(31(36)40)26-27-24(7-6-8-25(27)38)37(29(33)28(26)32(41)43-18(2)3)35-30(39)19-11-13-34-14-12-19/h5,9-14,16-18,26H,1,6-8,15,33H2,2-4H3,(H,35,39). The van der Waals surface area contributed by atoms with Crippen molar-refractivity contribution in [3.63, 3.8) is 0 Å². The van der Waals surface area contributed by atoms with Gasteiger partial charge in [0.2, 0.25) is 0 Å². The summed E-state index contributed by atoms with van der Waals surface area (Å²) in [5, 5.41) is 1.94. The van der Waals surface area contributed by atoms with Crippen LogP contribution in [0.5, 0.6) is 5.75 Å². The lowest BCUT2D eigenvalue weighted by Gasteiger charge is -2.40. The van der Waals surface area contributed by atoms with E-state index in [1.807, 2.05) is 0 Å². The summed E-state index contributed by atoms with van der Waals surface area (Å²) in [6, 6.07) is 10.0. The van der Waals surface area contributed by atoms with Gasteiger partial charge in [0.05, 0.1) is 30.2 Å². The van der Waals surface area contributed by atoms with Crippen molar-refractivity contribution >= 4 is 28.6 Å². The molecule has 2 aliphatic rings. The fourth-order valence-electron chi connectivity index (χ4n) is 5.61. The maximum absolute atomic E-state index is 14.2. The molecule has 5 rings (SSSR count). The fourth-order valence-corrected chi connectivity index (χ4v) is 5.61. The monoisotopic (exact) mass is 583 g/mol. The Morgan fingerprint density at radius 3 is 2.58 bits per heavy atom. The van der Waals surface area contributed by atoms with E-state index in [4.69, 9.17) is 15.2 Å². The predicted molar refractivity (Wildman–Crippen MR) is 160 cm³/mol. The minimum absolute atomic E-state index is 0.109. The first-order valence-corrected chi connectivity index (χ1v) is 14.0. The first kappa shape index (κ1) is 29.3. The first-order valence-electron chi connectivity index (χ1n) is 14.0. The minimum atomic E-state index is -1.14. The van der Waals surface area contributed by atoms with Crippen LogP contribution in [0.25, 0.3) is 10.9 Å². The van der Waals surface area contributed by atoms with Crippen LogP contribution in [0.4, 0.5) is 0 Å². The van der Waals surface area contributed by atoms with E-state index in [9.17, 15) is 19.2 Å². The number of nitrogens with zero attached hydrogens (tertiary/aromatic N) is 3. The molecule has 3 heterocycles. The number of ether oxygens (including phenoxy) is 2. The molecular weight excluding hydrogens is 550 g/mol. The summed E-state index contributed by atoms with van der Waals surface area (Å²) in [5.74, 6) is -2.27. The third-order valence-electron chi connectivity index (χ3n) is 7.46. The van der Waals surface area contributed by atoms with E-state index >= 15 is 0 Å². The summed E-state index contributed by atoms with van der Waals surface area (Å²) in [6.07, 6.45) is 5.11. The number of carbonyl (C=O) groups is 3. The molecule has 3 aromatic rings. The normalized spacial score (nSPS) is 16.8. The number of nitrogens with two attached hydrogens (primary N) is 1. The average Bonchev–Trinajstić information content (AvgIpc) is 2.99. The van der Waals surface area contributed by atoms with Gasteiger partial charge in [-0.3, -0.25) is 24.8 Å². The van der Waals surface area contributed by atoms with E-state index in [0.29, 0.717) is 40.8 Å². The second-order valence-corrected chi connectivity index (χ2v) is 10.6. The zero-order valence-electron chi connectivity index (χ0n) is 24.3. The van der Waals surface area contributed by atoms with Gasteiger partial charge in [-0.05, 0) is 63.1 Å². The Morgan fingerprint density at radius 2 is 1.91 bits per heavy atom. The molecule has 3 N–H and O–H groups in total. The van der Waals surface area contributed by atoms with E-state index < -0.39 is 29.5 Å². The van der Waals surface area contributed by atoms with Crippen LogP contribution in [-0.4, -0.2) is 45.4 Å². The zero-order chi connectivity index (χ0) is 30.8. The van der Waals surface area contributed by atoms with E-state index in [1.54, 1.807) is 51.3 Å². The highest BCUT2D eigenvalue weighted by atomic mass is 16.5. The van der Waals surface area contributed by atoms with Crippen LogP contribution in [0.15, 0.2) is 88.9 Å². The summed E-state index contributed by atoms with van der Waals surface area (Å²) in [7, 11) is 1.54. The van der Waals surface area contributed by atoms with Gasteiger partial charge < -0.3 is 19.8 Å². The molecule has 0 bridgehead atoms. The minimum Gasteiger partial charge on any atom is -0.497 e. The van der Waals surface area contributed by atoms with Crippen molar-refractivity contribution in [3.05, 3.63) is 106 Å². The second-order valence-electron chi connectivity index (χ2n) is 10.6. The SMILES string of the molecule is C=CCn1c(=O)c(C2C(C(=O)OC(C)C)=C(N)N(NC(=O)c3ccncc3)C3=C2C(=O)CCC3)cc2cc(OC)ccc21. The quantitative estimate of drug-likeness (QED) is 0.301. The lowest BCUT2D eigenvalue weighted by molar-refractivity contribution is -0.143. The first-order chi connectivity index (χ1) is 20.7. The number of carbonyl (C=O) groups excluding carboxylic acids is 3. The van der Waals surface area contributed by atoms with Crippen molar-refractivity contribution in [2.45, 2.75) is 51.7 Å². The van der Waals surface area contributed by atoms with Gasteiger partial charge in [-0.2, -0.15) is 0 Å². The average molecular weight is 584 g/mol. The molecule has 43 heavy (non-hydrogen) atoms. The number of pyridine rings is 2. The maximum atomic E-state index is 14.2. The Hall–Kier alpha value is -5.19. The summed E-state index contributed by atoms with van der Waals surface area (Å²) in [6.45, 7) is 7.36. The number of nitrogens with one attached hydrogen (secondary N) is 1. The van der Waals surface area contributed by atoms with Crippen molar-refractivity contribution in [2.75, 3.05) is 7.11 Å². The lowest BCUT2D eigenvalue weighted by Crippen LogP contribution is -2.50. The number of aromatic nitrogens is 2. The maximum Gasteiger partial charge on any atom is 0.338 e. The van der Waals surface area contributed by atoms with Crippen molar-refractivity contribution < 1.29 is 23.9 Å². The van der Waals surface area contributed by atoms with Crippen LogP contribution in [0.1, 0.15) is 54.9 Å². The van der Waals surface area contributed by atoms with Crippen LogP contribution < -0.4 is 21.5 Å². The van der Waals surface area contributed by atoms with E-state index in [1.165, 1.54) is 34.1 Å². The van der Waals surface area contributed by atoms with Gasteiger partial charge in [-0.25, -0.2) is 9.80 Å². The van der Waals surface area contributed by atoms with Crippen molar-refractivity contribution in [2.24, 2.45) is 5.73 Å². The Bertz CT molecular complexity index is 1760. The molecule has 0 saturated heterocycles. The van der Waals surface area contributed by atoms with Gasteiger partial charge in [0.25, 0.3) is 11.5 Å². The number of hydrazine groups is 1. The van der Waals surface area contributed by atoms with E-state index in [-0.39, 0.29) is 41.3 Å². The second kappa shape index (κ2) is 12.0. The Balaban J connectivity index is 1.78. The summed E-state index contributed by atoms with van der Waals surface area (Å²) >= 11 is 0. The number of hydrogen-bond acceptors (Lipinski definition) is 9. The number of rotatable bonds is 8. The summed E-state index contributed by atoms with van der Waals surface area (Å²) < 4.78 is 12.6. The highest BCUT2D eigenvalue weighted by Gasteiger charge is 2.44. The van der Waals surface area contributed by atoms with Gasteiger partial charge in [-0.15, -0.1) is 6.58 Å². The molecule has 0 radical (unpaired) electrons. The summed E-state index contributed by atoms with van der Waals surface area (Å²) in [4.78, 5) is 58.9. The molecule has 1 amide bonds. The van der Waals surface area contributed by atoms with Crippen LogP contribution in [0.3, 0.4) is 0 Å². The third kappa shape index (κ3) is 5.41. The number of Topliss-reactive ketones (excluding diaryl/α,β-unsaturated/α-hetero) is 1. The third-order valence-corrected chi connectivity index (χ3v) is 7.46. The number of benzene rings is 1. The van der Waals surface area contributed by atoms with E-state index in [2.05, 4.69) is 17.0 Å². The van der Waals surface area contributed by atoms with Crippen LogP contribution >= 0.6 is 0 Å². The Kier molecular flexibility index (Phi) is 8.16. The Morgan fingerprint density at radius 1 is 1.16 bits per heavy atom. The van der Waals surface area contributed by atoms with Gasteiger partial charge in [0.15, 0.2) is 5.78 Å². The highest BCUT2D eigenvalue weighted by Crippen LogP contribution is 2.44. The summed E-state index contributed by atoms with van der Waals surface area (Å²) in [5.41, 5.74) is 10.7. The molecule has 1 unspecified atom stereocenters. The van der Waals surface area contributed by atoms with Gasteiger partial charge in [0, 0.05) is 53.1 Å². The molecule has 222 valence electrons. The number of esters is 1. The molecular formula is C32H33N5O6. The van der Waals surface area contributed by atoms with Gasteiger partial charge >= 0.3 is 5.97 Å². The zero-order valence-corrected chi connectivity index (χ0v) is 24.3. The molecule has 1 aliphatic heterocycles. The lowest BCUT2D eigenvalue weighted by atomic mass is 9.75. The molecule has 1 atom stereocenters.